The molecular formula is C18H17NO3. The maximum absolute atomic E-state index is 12.8. The smallest absolute Gasteiger partial charge is 0.262 e. The third kappa shape index (κ3) is 1.87. The average Bonchev–Trinajstić information content (AvgIpc) is 3.11. The fraction of sp³-hybridized carbons (Fsp3) is 0.278. The number of amides is 1. The molecule has 0 bridgehead atoms. The largest absolute Gasteiger partial charge is 0.454 e. The highest BCUT2D eigenvalue weighted by atomic mass is 16.7. The Morgan fingerprint density at radius 2 is 1.82 bits per heavy atom. The monoisotopic (exact) mass is 295 g/mol. The van der Waals surface area contributed by atoms with Gasteiger partial charge in [-0.2, -0.15) is 0 Å². The Labute approximate surface area is 129 Å². The highest BCUT2D eigenvalue weighted by Crippen LogP contribution is 2.42. The van der Waals surface area contributed by atoms with Crippen LogP contribution in [0.1, 0.15) is 41.3 Å². The van der Waals surface area contributed by atoms with Crippen LogP contribution in [0.15, 0.2) is 36.4 Å². The van der Waals surface area contributed by atoms with Crippen LogP contribution in [0, 0.1) is 0 Å². The summed E-state index contributed by atoms with van der Waals surface area (Å²) in [5.74, 6) is 1.71. The van der Waals surface area contributed by atoms with Crippen LogP contribution < -0.4 is 14.4 Å². The number of carbonyl (C=O) groups excluding carboxylic acids is 1. The highest BCUT2D eigenvalue weighted by molar-refractivity contribution is 6.12. The number of ether oxygens (including phenoxy) is 2. The Kier molecular flexibility index (Phi) is 2.86. The molecule has 0 spiro atoms. The first-order valence-corrected chi connectivity index (χ1v) is 7.48. The zero-order valence-corrected chi connectivity index (χ0v) is 12.6. The Morgan fingerprint density at radius 1 is 1.05 bits per heavy atom. The van der Waals surface area contributed by atoms with Gasteiger partial charge in [0.1, 0.15) is 0 Å². The zero-order chi connectivity index (χ0) is 15.3. The summed E-state index contributed by atoms with van der Waals surface area (Å²) in [7, 11) is 0. The topological polar surface area (TPSA) is 38.8 Å². The molecule has 4 heteroatoms. The van der Waals surface area contributed by atoms with Crippen molar-refractivity contribution in [1.29, 1.82) is 0 Å². The molecular weight excluding hydrogens is 278 g/mol. The lowest BCUT2D eigenvalue weighted by atomic mass is 10.0. The number of benzene rings is 2. The summed E-state index contributed by atoms with van der Waals surface area (Å²) in [5.41, 5.74) is 3.81. The molecule has 2 aliphatic rings. The lowest BCUT2D eigenvalue weighted by molar-refractivity contribution is 0.0992. The minimum Gasteiger partial charge on any atom is -0.454 e. The van der Waals surface area contributed by atoms with Crippen LogP contribution >= 0.6 is 0 Å². The van der Waals surface area contributed by atoms with Crippen molar-refractivity contribution in [2.24, 2.45) is 0 Å². The quantitative estimate of drug-likeness (QED) is 0.848. The first kappa shape index (κ1) is 13.2. The number of carbonyl (C=O) groups is 1. The Hall–Kier alpha value is -2.49. The molecule has 22 heavy (non-hydrogen) atoms. The van der Waals surface area contributed by atoms with E-state index in [0.717, 1.165) is 11.3 Å². The van der Waals surface area contributed by atoms with E-state index < -0.39 is 0 Å². The van der Waals surface area contributed by atoms with E-state index in [4.69, 9.17) is 9.47 Å². The van der Waals surface area contributed by atoms with Gasteiger partial charge in [-0.1, -0.05) is 32.0 Å². The number of nitrogens with zero attached hydrogens (tertiary/aromatic N) is 1. The average molecular weight is 295 g/mol. The van der Waals surface area contributed by atoms with Crippen molar-refractivity contribution in [3.05, 3.63) is 53.1 Å². The van der Waals surface area contributed by atoms with Gasteiger partial charge in [0.25, 0.3) is 5.91 Å². The number of hydrogen-bond acceptors (Lipinski definition) is 3. The molecule has 1 amide bonds. The molecule has 0 N–H and O–H groups in total. The standard InChI is InChI=1S/C18H17NO3/c1-11(2)12-3-6-14(7-4-12)19-9-13-5-8-15-17(22-10-21-15)16(13)18(19)20/h3-8,11H,9-10H2,1-2H3. The molecule has 2 aromatic rings. The summed E-state index contributed by atoms with van der Waals surface area (Å²) >= 11 is 0. The third-order valence-corrected chi connectivity index (χ3v) is 4.28. The molecule has 0 saturated carbocycles. The second-order valence-electron chi connectivity index (χ2n) is 5.97. The molecule has 0 atom stereocenters. The molecule has 0 unspecified atom stereocenters. The number of anilines is 1. The van der Waals surface area contributed by atoms with E-state index in [1.54, 1.807) is 4.90 Å². The highest BCUT2D eigenvalue weighted by Gasteiger charge is 2.35. The molecule has 0 radical (unpaired) electrons. The first-order valence-electron chi connectivity index (χ1n) is 7.48. The van der Waals surface area contributed by atoms with Gasteiger partial charge in [0.2, 0.25) is 6.79 Å². The number of hydrogen-bond donors (Lipinski definition) is 0. The fourth-order valence-electron chi connectivity index (χ4n) is 3.00. The van der Waals surface area contributed by atoms with Crippen molar-refractivity contribution in [1.82, 2.24) is 0 Å². The van der Waals surface area contributed by atoms with E-state index >= 15 is 0 Å². The van der Waals surface area contributed by atoms with Crippen LogP contribution in [0.5, 0.6) is 11.5 Å². The van der Waals surface area contributed by atoms with Crippen LogP contribution in [-0.2, 0) is 6.54 Å². The molecule has 2 heterocycles. The van der Waals surface area contributed by atoms with Crippen molar-refractivity contribution < 1.29 is 14.3 Å². The first-order chi connectivity index (χ1) is 10.6. The van der Waals surface area contributed by atoms with Crippen molar-refractivity contribution in [2.45, 2.75) is 26.3 Å². The predicted octanol–water partition coefficient (Wildman–Crippen LogP) is 3.70. The molecule has 2 aromatic carbocycles. The molecule has 112 valence electrons. The minimum atomic E-state index is -0.0188. The number of rotatable bonds is 2. The summed E-state index contributed by atoms with van der Waals surface area (Å²) in [6.07, 6.45) is 0. The van der Waals surface area contributed by atoms with Crippen LogP contribution in [0.3, 0.4) is 0 Å². The molecule has 4 nitrogen and oxygen atoms in total. The fourth-order valence-corrected chi connectivity index (χ4v) is 3.00. The minimum absolute atomic E-state index is 0.0188. The molecule has 4 rings (SSSR count). The zero-order valence-electron chi connectivity index (χ0n) is 12.6. The van der Waals surface area contributed by atoms with Crippen molar-refractivity contribution in [3.63, 3.8) is 0 Å². The van der Waals surface area contributed by atoms with Gasteiger partial charge < -0.3 is 14.4 Å². The Morgan fingerprint density at radius 3 is 2.55 bits per heavy atom. The summed E-state index contributed by atoms with van der Waals surface area (Å²) in [5, 5.41) is 0. The van der Waals surface area contributed by atoms with E-state index in [1.807, 2.05) is 24.3 Å². The van der Waals surface area contributed by atoms with E-state index in [2.05, 4.69) is 26.0 Å². The Bertz CT molecular complexity index is 750. The van der Waals surface area contributed by atoms with Gasteiger partial charge in [0.05, 0.1) is 12.1 Å². The van der Waals surface area contributed by atoms with E-state index in [1.165, 1.54) is 5.56 Å². The normalized spacial score (nSPS) is 15.6. The van der Waals surface area contributed by atoms with Crippen LogP contribution in [-0.4, -0.2) is 12.7 Å². The second-order valence-corrected chi connectivity index (χ2v) is 5.97. The maximum atomic E-state index is 12.8. The molecule has 0 fully saturated rings. The van der Waals surface area contributed by atoms with Gasteiger partial charge in [-0.05, 0) is 35.2 Å². The van der Waals surface area contributed by atoms with Crippen LogP contribution in [0.25, 0.3) is 0 Å². The van der Waals surface area contributed by atoms with Gasteiger partial charge in [-0.3, -0.25) is 4.79 Å². The summed E-state index contributed by atoms with van der Waals surface area (Å²) in [4.78, 5) is 14.6. The summed E-state index contributed by atoms with van der Waals surface area (Å²) < 4.78 is 10.8. The van der Waals surface area contributed by atoms with Crippen molar-refractivity contribution in [2.75, 3.05) is 11.7 Å². The lowest BCUT2D eigenvalue weighted by Gasteiger charge is -2.16. The van der Waals surface area contributed by atoms with Crippen molar-refractivity contribution >= 4 is 11.6 Å². The van der Waals surface area contributed by atoms with Crippen molar-refractivity contribution in [3.8, 4) is 11.5 Å². The van der Waals surface area contributed by atoms with Crippen LogP contribution in [0.2, 0.25) is 0 Å². The molecule has 0 aromatic heterocycles. The van der Waals surface area contributed by atoms with Gasteiger partial charge in [-0.25, -0.2) is 0 Å². The second kappa shape index (κ2) is 4.77. The molecule has 0 saturated heterocycles. The molecule has 0 aliphatic carbocycles. The molecule has 2 aliphatic heterocycles. The number of fused-ring (bicyclic) bond motifs is 3. The summed E-state index contributed by atoms with van der Waals surface area (Å²) in [6, 6.07) is 12.0. The predicted molar refractivity (Wildman–Crippen MR) is 83.6 cm³/mol. The van der Waals surface area contributed by atoms with Gasteiger partial charge in [0.15, 0.2) is 11.5 Å². The summed E-state index contributed by atoms with van der Waals surface area (Å²) in [6.45, 7) is 5.08. The van der Waals surface area contributed by atoms with E-state index in [9.17, 15) is 4.79 Å². The Balaban J connectivity index is 1.70. The van der Waals surface area contributed by atoms with E-state index in [-0.39, 0.29) is 12.7 Å². The van der Waals surface area contributed by atoms with Gasteiger partial charge in [-0.15, -0.1) is 0 Å². The van der Waals surface area contributed by atoms with E-state index in [0.29, 0.717) is 29.5 Å². The maximum Gasteiger partial charge on any atom is 0.262 e. The van der Waals surface area contributed by atoms with Gasteiger partial charge >= 0.3 is 0 Å². The third-order valence-electron chi connectivity index (χ3n) is 4.28. The van der Waals surface area contributed by atoms with Gasteiger partial charge in [0, 0.05) is 5.69 Å². The SMILES string of the molecule is CC(C)c1ccc(N2Cc3ccc4c(c3C2=O)OCO4)cc1. The lowest BCUT2D eigenvalue weighted by Crippen LogP contribution is -2.23. The van der Waals surface area contributed by atoms with Crippen LogP contribution in [0.4, 0.5) is 5.69 Å².